The van der Waals surface area contributed by atoms with Crippen LogP contribution in [0, 0.1) is 0 Å². The van der Waals surface area contributed by atoms with Gasteiger partial charge in [-0.25, -0.2) is 4.79 Å². The van der Waals surface area contributed by atoms with Gasteiger partial charge in [0.1, 0.15) is 6.61 Å². The SMILES string of the molecule is CCC(C)N(C)CCNC(=O)N(CC)CC1COc2ccccc2O1. The van der Waals surface area contributed by atoms with Gasteiger partial charge in [0.15, 0.2) is 17.6 Å². The highest BCUT2D eigenvalue weighted by atomic mass is 16.6. The minimum Gasteiger partial charge on any atom is -0.486 e. The van der Waals surface area contributed by atoms with E-state index in [2.05, 4.69) is 31.1 Å². The van der Waals surface area contributed by atoms with E-state index in [-0.39, 0.29) is 12.1 Å². The predicted octanol–water partition coefficient (Wildman–Crippen LogP) is 2.59. The lowest BCUT2D eigenvalue weighted by Crippen LogP contribution is -2.48. The molecule has 1 aliphatic rings. The van der Waals surface area contributed by atoms with Crippen molar-refractivity contribution in [3.8, 4) is 11.5 Å². The molecule has 0 saturated carbocycles. The molecule has 0 aromatic heterocycles. The minimum absolute atomic E-state index is 0.0532. The highest BCUT2D eigenvalue weighted by Crippen LogP contribution is 2.30. The molecule has 0 spiro atoms. The second-order valence-electron chi connectivity index (χ2n) is 6.51. The Hall–Kier alpha value is -1.95. The zero-order valence-electron chi connectivity index (χ0n) is 15.8. The number of hydrogen-bond donors (Lipinski definition) is 1. The molecule has 2 rings (SSSR count). The van der Waals surface area contributed by atoms with E-state index in [1.165, 1.54) is 0 Å². The van der Waals surface area contributed by atoms with Gasteiger partial charge >= 0.3 is 6.03 Å². The van der Waals surface area contributed by atoms with Crippen molar-refractivity contribution >= 4 is 6.03 Å². The molecule has 1 aromatic rings. The fraction of sp³-hybridized carbons (Fsp3) is 0.632. The summed E-state index contributed by atoms with van der Waals surface area (Å²) >= 11 is 0. The summed E-state index contributed by atoms with van der Waals surface area (Å²) in [6, 6.07) is 8.09. The van der Waals surface area contributed by atoms with E-state index in [1.807, 2.05) is 31.2 Å². The third-order valence-corrected chi connectivity index (χ3v) is 4.74. The Bertz CT molecular complexity index is 552. The van der Waals surface area contributed by atoms with Gasteiger partial charge in [-0.2, -0.15) is 0 Å². The van der Waals surface area contributed by atoms with Crippen molar-refractivity contribution in [3.63, 3.8) is 0 Å². The summed E-state index contributed by atoms with van der Waals surface area (Å²) in [5.74, 6) is 1.50. The van der Waals surface area contributed by atoms with Gasteiger partial charge < -0.3 is 24.6 Å². The zero-order chi connectivity index (χ0) is 18.2. The van der Waals surface area contributed by atoms with Gasteiger partial charge in [-0.15, -0.1) is 0 Å². The molecule has 140 valence electrons. The Morgan fingerprint density at radius 2 is 2.04 bits per heavy atom. The number of urea groups is 1. The molecule has 0 aliphatic carbocycles. The molecule has 0 bridgehead atoms. The van der Waals surface area contributed by atoms with Gasteiger partial charge in [-0.3, -0.25) is 0 Å². The predicted molar refractivity (Wildman–Crippen MR) is 99.4 cm³/mol. The first-order valence-corrected chi connectivity index (χ1v) is 9.16. The second-order valence-corrected chi connectivity index (χ2v) is 6.51. The van der Waals surface area contributed by atoms with E-state index in [0.717, 1.165) is 24.5 Å². The maximum absolute atomic E-state index is 12.4. The van der Waals surface area contributed by atoms with Crippen LogP contribution in [-0.4, -0.2) is 67.8 Å². The molecular formula is C19H31N3O3. The van der Waals surface area contributed by atoms with Crippen LogP contribution in [0.15, 0.2) is 24.3 Å². The molecule has 1 aliphatic heterocycles. The van der Waals surface area contributed by atoms with Gasteiger partial charge in [0.25, 0.3) is 0 Å². The number of nitrogens with one attached hydrogen (secondary N) is 1. The first kappa shape index (κ1) is 19.4. The largest absolute Gasteiger partial charge is 0.486 e. The van der Waals surface area contributed by atoms with E-state index in [4.69, 9.17) is 9.47 Å². The molecular weight excluding hydrogens is 318 g/mol. The molecule has 1 aromatic carbocycles. The van der Waals surface area contributed by atoms with E-state index in [1.54, 1.807) is 4.90 Å². The summed E-state index contributed by atoms with van der Waals surface area (Å²) < 4.78 is 11.7. The first-order valence-electron chi connectivity index (χ1n) is 9.16. The summed E-state index contributed by atoms with van der Waals surface area (Å²) in [4.78, 5) is 16.4. The lowest BCUT2D eigenvalue weighted by Gasteiger charge is -2.31. The number of benzene rings is 1. The lowest BCUT2D eigenvalue weighted by molar-refractivity contribution is 0.0674. The van der Waals surface area contributed by atoms with E-state index in [0.29, 0.717) is 32.3 Å². The molecule has 25 heavy (non-hydrogen) atoms. The molecule has 6 heteroatoms. The van der Waals surface area contributed by atoms with Gasteiger partial charge in [0.05, 0.1) is 6.54 Å². The zero-order valence-corrected chi connectivity index (χ0v) is 15.8. The molecule has 0 fully saturated rings. The molecule has 6 nitrogen and oxygen atoms in total. The topological polar surface area (TPSA) is 54.0 Å². The fourth-order valence-corrected chi connectivity index (χ4v) is 2.74. The molecule has 1 heterocycles. The highest BCUT2D eigenvalue weighted by molar-refractivity contribution is 5.74. The number of hydrogen-bond acceptors (Lipinski definition) is 4. The van der Waals surface area contributed by atoms with Crippen molar-refractivity contribution in [2.75, 3.05) is 39.8 Å². The van der Waals surface area contributed by atoms with Crippen molar-refractivity contribution < 1.29 is 14.3 Å². The minimum atomic E-state index is -0.150. The molecule has 0 radical (unpaired) electrons. The number of carbonyl (C=O) groups excluding carboxylic acids is 1. The van der Waals surface area contributed by atoms with Gasteiger partial charge in [0, 0.05) is 25.7 Å². The van der Waals surface area contributed by atoms with Crippen molar-refractivity contribution in [1.82, 2.24) is 15.1 Å². The molecule has 1 N–H and O–H groups in total. The summed E-state index contributed by atoms with van der Waals surface area (Å²) in [6.45, 7) is 9.42. The average Bonchev–Trinajstić information content (AvgIpc) is 2.64. The Balaban J connectivity index is 1.79. The first-order chi connectivity index (χ1) is 12.0. The summed E-state index contributed by atoms with van der Waals surface area (Å²) in [5, 5.41) is 3.00. The normalized spacial score (nSPS) is 17.2. The van der Waals surface area contributed by atoms with E-state index < -0.39 is 0 Å². The van der Waals surface area contributed by atoms with Crippen LogP contribution in [-0.2, 0) is 0 Å². The van der Waals surface area contributed by atoms with Gasteiger partial charge in [-0.05, 0) is 39.4 Å². The Labute approximate surface area is 151 Å². The van der Waals surface area contributed by atoms with Gasteiger partial charge in [0.2, 0.25) is 0 Å². The maximum Gasteiger partial charge on any atom is 0.317 e. The van der Waals surface area contributed by atoms with Crippen molar-refractivity contribution in [1.29, 1.82) is 0 Å². The number of carbonyl (C=O) groups is 1. The Morgan fingerprint density at radius 3 is 2.72 bits per heavy atom. The lowest BCUT2D eigenvalue weighted by atomic mass is 10.2. The number of fused-ring (bicyclic) bond motifs is 1. The number of likely N-dealkylation sites (N-methyl/N-ethyl adjacent to an activating group) is 2. The van der Waals surface area contributed by atoms with Crippen molar-refractivity contribution in [2.45, 2.75) is 39.3 Å². The summed E-state index contributed by atoms with van der Waals surface area (Å²) in [5.41, 5.74) is 0. The van der Waals surface area contributed by atoms with Crippen LogP contribution >= 0.6 is 0 Å². The molecule has 2 amide bonds. The number of amides is 2. The Kier molecular flexibility index (Phi) is 7.37. The highest BCUT2D eigenvalue weighted by Gasteiger charge is 2.24. The number of para-hydroxylation sites is 2. The third kappa shape index (κ3) is 5.53. The fourth-order valence-electron chi connectivity index (χ4n) is 2.74. The Morgan fingerprint density at radius 1 is 1.32 bits per heavy atom. The van der Waals surface area contributed by atoms with E-state index >= 15 is 0 Å². The van der Waals surface area contributed by atoms with Crippen LogP contribution < -0.4 is 14.8 Å². The average molecular weight is 349 g/mol. The second kappa shape index (κ2) is 9.51. The van der Waals surface area contributed by atoms with Crippen LogP contribution in [0.3, 0.4) is 0 Å². The van der Waals surface area contributed by atoms with Crippen molar-refractivity contribution in [3.05, 3.63) is 24.3 Å². The summed E-state index contributed by atoms with van der Waals surface area (Å²) in [7, 11) is 2.09. The van der Waals surface area contributed by atoms with Crippen LogP contribution in [0.4, 0.5) is 4.79 Å². The van der Waals surface area contributed by atoms with Crippen LogP contribution in [0.25, 0.3) is 0 Å². The molecule has 0 saturated heterocycles. The number of ether oxygens (including phenoxy) is 2. The quantitative estimate of drug-likeness (QED) is 0.784. The third-order valence-electron chi connectivity index (χ3n) is 4.74. The van der Waals surface area contributed by atoms with Crippen LogP contribution in [0.5, 0.6) is 11.5 Å². The maximum atomic E-state index is 12.4. The smallest absolute Gasteiger partial charge is 0.317 e. The van der Waals surface area contributed by atoms with Gasteiger partial charge in [-0.1, -0.05) is 19.1 Å². The van der Waals surface area contributed by atoms with Crippen LogP contribution in [0.2, 0.25) is 0 Å². The number of rotatable bonds is 8. The molecule has 2 unspecified atom stereocenters. The molecule has 2 atom stereocenters. The van der Waals surface area contributed by atoms with E-state index in [9.17, 15) is 4.79 Å². The van der Waals surface area contributed by atoms with Crippen LogP contribution in [0.1, 0.15) is 27.2 Å². The summed E-state index contributed by atoms with van der Waals surface area (Å²) in [6.07, 6.45) is 0.954. The van der Waals surface area contributed by atoms with Crippen molar-refractivity contribution in [2.24, 2.45) is 0 Å². The standard InChI is InChI=1S/C19H31N3O3/c1-5-15(3)21(4)12-11-20-19(23)22(6-2)13-16-14-24-17-9-7-8-10-18(17)25-16/h7-10,15-16H,5-6,11-14H2,1-4H3,(H,20,23). The monoisotopic (exact) mass is 349 g/mol. The number of nitrogens with zero attached hydrogens (tertiary/aromatic N) is 2.